The fourth-order valence-corrected chi connectivity index (χ4v) is 7.14. The predicted octanol–water partition coefficient (Wildman–Crippen LogP) is 2.43. The summed E-state index contributed by atoms with van der Waals surface area (Å²) in [6, 6.07) is 41.5. The Bertz CT molecular complexity index is 1630. The Morgan fingerprint density at radius 2 is 0.886 bits per heavy atom. The molecule has 0 nitrogen and oxygen atoms in total. The molecule has 0 aromatic heterocycles. The molecule has 5 aromatic carbocycles. The van der Waals surface area contributed by atoms with Gasteiger partial charge in [-0.25, -0.2) is 0 Å². The largest absolute Gasteiger partial charge is 0.242 e. The third-order valence-corrected chi connectivity index (χ3v) is 8.61. The number of fused-ring (bicyclic) bond motifs is 6. The number of rotatable bonds is 1. The minimum atomic E-state index is 0.289. The second-order valence-electron chi connectivity index (χ2n) is 10.4. The van der Waals surface area contributed by atoms with E-state index in [2.05, 4.69) is 109 Å². The first-order chi connectivity index (χ1) is 17.3. The molecule has 0 amide bonds. The molecule has 0 N–H and O–H groups in total. The molecule has 0 aliphatic carbocycles. The topological polar surface area (TPSA) is 0 Å². The van der Waals surface area contributed by atoms with Gasteiger partial charge in [0.05, 0.1) is 0 Å². The van der Waals surface area contributed by atoms with Gasteiger partial charge in [-0.15, -0.1) is 0 Å². The van der Waals surface area contributed by atoms with Crippen LogP contribution < -0.4 is 32.8 Å². The van der Waals surface area contributed by atoms with E-state index in [0.29, 0.717) is 6.71 Å². The first kappa shape index (κ1) is 19.5. The molecular formula is C33H24B2. The van der Waals surface area contributed by atoms with Gasteiger partial charge in [0.1, 0.15) is 0 Å². The van der Waals surface area contributed by atoms with Crippen molar-refractivity contribution in [2.45, 2.75) is 19.3 Å². The van der Waals surface area contributed by atoms with Crippen LogP contribution >= 0.6 is 0 Å². The van der Waals surface area contributed by atoms with Crippen LogP contribution in [0, 0.1) is 0 Å². The lowest BCUT2D eigenvalue weighted by molar-refractivity contribution is 1.13. The van der Waals surface area contributed by atoms with Crippen molar-refractivity contribution in [1.82, 2.24) is 0 Å². The molecule has 35 heavy (non-hydrogen) atoms. The van der Waals surface area contributed by atoms with E-state index in [9.17, 15) is 0 Å². The molecule has 0 saturated carbocycles. The molecule has 0 spiro atoms. The molecule has 0 atom stereocenters. The van der Waals surface area contributed by atoms with E-state index in [1.165, 1.54) is 60.7 Å². The van der Waals surface area contributed by atoms with E-state index >= 15 is 0 Å². The fourth-order valence-electron chi connectivity index (χ4n) is 7.14. The summed E-state index contributed by atoms with van der Waals surface area (Å²) < 4.78 is 0. The van der Waals surface area contributed by atoms with Crippen molar-refractivity contribution in [1.29, 1.82) is 0 Å². The third-order valence-electron chi connectivity index (χ3n) is 8.61. The van der Waals surface area contributed by atoms with Crippen LogP contribution in [0.25, 0.3) is 0 Å². The molecule has 3 aliphatic heterocycles. The molecule has 3 heterocycles. The zero-order valence-electron chi connectivity index (χ0n) is 19.7. The lowest BCUT2D eigenvalue weighted by Crippen LogP contribution is -2.64. The molecule has 5 aromatic rings. The van der Waals surface area contributed by atoms with Crippen molar-refractivity contribution in [3.63, 3.8) is 0 Å². The molecule has 0 bridgehead atoms. The minimum absolute atomic E-state index is 0.289. The lowest BCUT2D eigenvalue weighted by atomic mass is 9.28. The molecule has 0 unspecified atom stereocenters. The van der Waals surface area contributed by atoms with Crippen molar-refractivity contribution >= 4 is 46.2 Å². The van der Waals surface area contributed by atoms with Crippen LogP contribution in [0.1, 0.15) is 33.4 Å². The summed E-state index contributed by atoms with van der Waals surface area (Å²) in [6.07, 6.45) is 3.12. The van der Waals surface area contributed by atoms with E-state index in [-0.39, 0.29) is 6.71 Å². The highest BCUT2D eigenvalue weighted by atomic mass is 14.2. The monoisotopic (exact) mass is 442 g/mol. The first-order valence-electron chi connectivity index (χ1n) is 12.8. The van der Waals surface area contributed by atoms with Crippen molar-refractivity contribution < 1.29 is 0 Å². The predicted molar refractivity (Wildman–Crippen MR) is 150 cm³/mol. The zero-order chi connectivity index (χ0) is 22.9. The van der Waals surface area contributed by atoms with Gasteiger partial charge in [0.25, 0.3) is 0 Å². The van der Waals surface area contributed by atoms with Crippen molar-refractivity contribution in [2.75, 3.05) is 0 Å². The molecule has 162 valence electrons. The highest BCUT2D eigenvalue weighted by Crippen LogP contribution is 2.24. The van der Waals surface area contributed by atoms with Crippen LogP contribution in [-0.2, 0) is 19.3 Å². The average Bonchev–Trinajstić information content (AvgIpc) is 2.91. The normalized spacial score (nSPS) is 14.4. The highest BCUT2D eigenvalue weighted by molar-refractivity contribution is 6.99. The maximum atomic E-state index is 2.60. The standard InChI is InChI=1S/C33H24B2/c1-2-13-28(14-3-1)34-29-15-6-4-10-23(29)18-26-20-27-19-25-12-8-11-24-17-22-9-5-7-16-30(22)35(33(24)25)32(27)21-31(26)34/h1-16,20-21H,17-19H2. The summed E-state index contributed by atoms with van der Waals surface area (Å²) in [5.74, 6) is 0. The Hall–Kier alpha value is -3.77. The molecule has 3 aliphatic rings. The van der Waals surface area contributed by atoms with E-state index in [1.54, 1.807) is 5.46 Å². The molecular weight excluding hydrogens is 418 g/mol. The van der Waals surface area contributed by atoms with Crippen molar-refractivity contribution in [2.24, 2.45) is 0 Å². The van der Waals surface area contributed by atoms with Crippen LogP contribution in [0.4, 0.5) is 0 Å². The number of hydrogen-bond acceptors (Lipinski definition) is 0. The smallest absolute Gasteiger partial charge is 0.0711 e. The van der Waals surface area contributed by atoms with E-state index in [4.69, 9.17) is 0 Å². The lowest BCUT2D eigenvalue weighted by Gasteiger charge is -2.36. The first-order valence-corrected chi connectivity index (χ1v) is 12.8. The third kappa shape index (κ3) is 2.83. The van der Waals surface area contributed by atoms with Crippen LogP contribution in [0.5, 0.6) is 0 Å². The van der Waals surface area contributed by atoms with Crippen molar-refractivity contribution in [3.05, 3.63) is 143 Å². The second kappa shape index (κ2) is 7.36. The molecule has 2 heteroatoms. The van der Waals surface area contributed by atoms with Crippen LogP contribution in [0.15, 0.2) is 109 Å². The Balaban J connectivity index is 1.40. The Morgan fingerprint density at radius 3 is 1.60 bits per heavy atom. The average molecular weight is 442 g/mol. The minimum Gasteiger partial charge on any atom is -0.0711 e. The second-order valence-corrected chi connectivity index (χ2v) is 10.4. The molecule has 8 rings (SSSR count). The number of benzene rings is 5. The Morgan fingerprint density at radius 1 is 0.371 bits per heavy atom. The maximum absolute atomic E-state index is 2.60. The van der Waals surface area contributed by atoms with Gasteiger partial charge in [-0.05, 0) is 52.6 Å². The van der Waals surface area contributed by atoms with Crippen molar-refractivity contribution in [3.8, 4) is 0 Å². The summed E-state index contributed by atoms with van der Waals surface area (Å²) in [6.45, 7) is 0.630. The zero-order valence-corrected chi connectivity index (χ0v) is 19.7. The summed E-state index contributed by atoms with van der Waals surface area (Å²) in [7, 11) is 0. The Labute approximate surface area is 207 Å². The summed E-state index contributed by atoms with van der Waals surface area (Å²) in [5.41, 5.74) is 18.0. The fraction of sp³-hybridized carbons (Fsp3) is 0.0909. The summed E-state index contributed by atoms with van der Waals surface area (Å²) >= 11 is 0. The van der Waals surface area contributed by atoms with Gasteiger partial charge in [-0.3, -0.25) is 0 Å². The summed E-state index contributed by atoms with van der Waals surface area (Å²) in [5, 5.41) is 0. The van der Waals surface area contributed by atoms with Crippen LogP contribution in [0.3, 0.4) is 0 Å². The van der Waals surface area contributed by atoms with Gasteiger partial charge in [-0.2, -0.15) is 0 Å². The quantitative estimate of drug-likeness (QED) is 0.343. The SMILES string of the molecule is c1ccc(B2c3ccccc3Cc3cc4c(cc32)B2c3ccccc3Cc3cccc(c32)C4)cc1. The molecule has 0 saturated heterocycles. The van der Waals surface area contributed by atoms with E-state index in [0.717, 1.165) is 19.3 Å². The Kier molecular flexibility index (Phi) is 4.11. The van der Waals surface area contributed by atoms with Crippen LogP contribution in [0.2, 0.25) is 0 Å². The van der Waals surface area contributed by atoms with Gasteiger partial charge >= 0.3 is 0 Å². The molecule has 0 radical (unpaired) electrons. The van der Waals surface area contributed by atoms with E-state index in [1.807, 2.05) is 0 Å². The molecule has 0 fully saturated rings. The summed E-state index contributed by atoms with van der Waals surface area (Å²) in [4.78, 5) is 0. The van der Waals surface area contributed by atoms with Gasteiger partial charge in [-0.1, -0.05) is 142 Å². The number of hydrogen-bond donors (Lipinski definition) is 0. The van der Waals surface area contributed by atoms with Gasteiger partial charge in [0, 0.05) is 0 Å². The van der Waals surface area contributed by atoms with E-state index < -0.39 is 0 Å². The van der Waals surface area contributed by atoms with Gasteiger partial charge in [0.2, 0.25) is 13.4 Å². The van der Waals surface area contributed by atoms with Gasteiger partial charge in [0.15, 0.2) is 0 Å². The highest BCUT2D eigenvalue weighted by Gasteiger charge is 2.39. The van der Waals surface area contributed by atoms with Gasteiger partial charge < -0.3 is 0 Å². The van der Waals surface area contributed by atoms with Crippen LogP contribution in [-0.4, -0.2) is 13.4 Å². The maximum Gasteiger partial charge on any atom is 0.242 e.